The van der Waals surface area contributed by atoms with E-state index in [9.17, 15) is 13.2 Å². The van der Waals surface area contributed by atoms with E-state index in [1.54, 1.807) is 0 Å². The van der Waals surface area contributed by atoms with Crippen molar-refractivity contribution in [3.05, 3.63) is 52.7 Å². The lowest BCUT2D eigenvalue weighted by Crippen LogP contribution is -2.19. The molecule has 4 nitrogen and oxygen atoms in total. The Hall–Kier alpha value is -2.57. The van der Waals surface area contributed by atoms with Crippen LogP contribution in [0.2, 0.25) is 0 Å². The third-order valence-electron chi connectivity index (χ3n) is 4.33. The maximum Gasteiger partial charge on any atom is 0.416 e. The van der Waals surface area contributed by atoms with E-state index >= 15 is 0 Å². The molecule has 2 aromatic rings. The molecule has 27 heavy (non-hydrogen) atoms. The molecular formula is C20H25F3N4. The van der Waals surface area contributed by atoms with Gasteiger partial charge in [-0.3, -0.25) is 0 Å². The minimum absolute atomic E-state index is 0.108. The highest BCUT2D eigenvalue weighted by Gasteiger charge is 2.31. The largest absolute Gasteiger partial charge is 0.416 e. The number of nitrogen functional groups attached to an aromatic ring is 2. The lowest BCUT2D eigenvalue weighted by molar-refractivity contribution is -0.137. The molecule has 0 fully saturated rings. The first-order valence-electron chi connectivity index (χ1n) is 8.52. The summed E-state index contributed by atoms with van der Waals surface area (Å²) in [5, 5.41) is 0. The van der Waals surface area contributed by atoms with Crippen molar-refractivity contribution in [1.82, 2.24) is 9.97 Å². The summed E-state index contributed by atoms with van der Waals surface area (Å²) in [6, 6.07) is 5.15. The van der Waals surface area contributed by atoms with Crippen LogP contribution >= 0.6 is 0 Å². The molecule has 2 rings (SSSR count). The molecule has 0 aliphatic carbocycles. The van der Waals surface area contributed by atoms with Crippen LogP contribution in [-0.4, -0.2) is 9.97 Å². The molecule has 7 heteroatoms. The summed E-state index contributed by atoms with van der Waals surface area (Å²) >= 11 is 0. The second kappa shape index (κ2) is 6.87. The van der Waals surface area contributed by atoms with Crippen LogP contribution in [0.1, 0.15) is 57.0 Å². The first-order chi connectivity index (χ1) is 12.2. The van der Waals surface area contributed by atoms with Crippen LogP contribution in [0.15, 0.2) is 30.3 Å². The predicted octanol–water partition coefficient (Wildman–Crippen LogP) is 4.95. The van der Waals surface area contributed by atoms with Gasteiger partial charge in [-0.25, -0.2) is 4.98 Å². The van der Waals surface area contributed by atoms with E-state index in [0.29, 0.717) is 11.3 Å². The fourth-order valence-electron chi connectivity index (χ4n) is 2.72. The maximum absolute atomic E-state index is 12.8. The van der Waals surface area contributed by atoms with Crippen molar-refractivity contribution >= 4 is 17.8 Å². The van der Waals surface area contributed by atoms with Gasteiger partial charge >= 0.3 is 6.18 Å². The van der Waals surface area contributed by atoms with E-state index in [2.05, 4.69) is 9.97 Å². The summed E-state index contributed by atoms with van der Waals surface area (Å²) in [5.74, 6) is 0.378. The molecule has 4 N–H and O–H groups in total. The molecule has 0 aliphatic heterocycles. The molecular weight excluding hydrogens is 353 g/mol. The van der Waals surface area contributed by atoms with Crippen molar-refractivity contribution in [2.75, 3.05) is 11.5 Å². The van der Waals surface area contributed by atoms with E-state index in [-0.39, 0.29) is 17.2 Å². The highest BCUT2D eigenvalue weighted by atomic mass is 19.4. The Labute approximate surface area is 157 Å². The summed E-state index contributed by atoms with van der Waals surface area (Å²) < 4.78 is 38.3. The van der Waals surface area contributed by atoms with E-state index in [1.807, 2.05) is 46.8 Å². The fraction of sp³-hybridized carbons (Fsp3) is 0.400. The molecule has 0 amide bonds. The van der Waals surface area contributed by atoms with E-state index < -0.39 is 17.2 Å². The van der Waals surface area contributed by atoms with Gasteiger partial charge in [0.05, 0.1) is 11.3 Å². The van der Waals surface area contributed by atoms with Crippen molar-refractivity contribution in [1.29, 1.82) is 0 Å². The van der Waals surface area contributed by atoms with E-state index in [4.69, 9.17) is 11.5 Å². The average Bonchev–Trinajstić information content (AvgIpc) is 2.51. The molecule has 1 aromatic heterocycles. The molecule has 0 saturated carbocycles. The molecule has 0 spiro atoms. The lowest BCUT2D eigenvalue weighted by Gasteiger charge is -2.24. The molecule has 0 saturated heterocycles. The quantitative estimate of drug-likeness (QED) is 0.792. The maximum atomic E-state index is 12.8. The number of rotatable bonds is 3. The first kappa shape index (κ1) is 20.7. The van der Waals surface area contributed by atoms with Crippen LogP contribution in [0.25, 0.3) is 6.08 Å². The van der Waals surface area contributed by atoms with Crippen LogP contribution in [0, 0.1) is 0 Å². The van der Waals surface area contributed by atoms with Gasteiger partial charge in [0.2, 0.25) is 5.95 Å². The van der Waals surface area contributed by atoms with Crippen molar-refractivity contribution in [3.63, 3.8) is 0 Å². The molecule has 146 valence electrons. The van der Waals surface area contributed by atoms with Crippen LogP contribution in [-0.2, 0) is 17.0 Å². The summed E-state index contributed by atoms with van der Waals surface area (Å²) in [6.45, 7) is 9.81. The topological polar surface area (TPSA) is 77.8 Å². The number of nitrogens with two attached hydrogens (primary N) is 2. The third kappa shape index (κ3) is 4.78. The zero-order valence-corrected chi connectivity index (χ0v) is 16.1. The number of halogens is 3. The Kier molecular flexibility index (Phi) is 5.27. The van der Waals surface area contributed by atoms with Gasteiger partial charge < -0.3 is 11.5 Å². The number of allylic oxidation sites excluding steroid dienone is 1. The summed E-state index contributed by atoms with van der Waals surface area (Å²) in [5.41, 5.74) is 12.4. The monoisotopic (exact) mass is 378 g/mol. The van der Waals surface area contributed by atoms with Crippen molar-refractivity contribution in [2.45, 2.75) is 51.6 Å². The van der Waals surface area contributed by atoms with Gasteiger partial charge in [-0.15, -0.1) is 0 Å². The van der Waals surface area contributed by atoms with Crippen LogP contribution in [0.3, 0.4) is 0 Å². The summed E-state index contributed by atoms with van der Waals surface area (Å²) in [6.07, 6.45) is -0.654. The summed E-state index contributed by atoms with van der Waals surface area (Å²) in [7, 11) is 0. The number of nitrogens with zero attached hydrogens (tertiary/aromatic N) is 2. The predicted molar refractivity (Wildman–Crippen MR) is 103 cm³/mol. The van der Waals surface area contributed by atoms with Gasteiger partial charge in [0, 0.05) is 16.4 Å². The Balaban J connectivity index is 2.42. The molecule has 1 aromatic carbocycles. The first-order valence-corrected chi connectivity index (χ1v) is 8.52. The molecule has 0 atom stereocenters. The number of anilines is 2. The SMILES string of the molecule is CC(C)(C)c1nc(N)nc(N)c1/C=C/C(C)(C)c1ccc(C(F)(F)F)cc1. The van der Waals surface area contributed by atoms with Crippen LogP contribution in [0.4, 0.5) is 24.9 Å². The van der Waals surface area contributed by atoms with Crippen LogP contribution in [0.5, 0.6) is 0 Å². The van der Waals surface area contributed by atoms with Crippen molar-refractivity contribution < 1.29 is 13.2 Å². The number of hydrogen-bond donors (Lipinski definition) is 2. The van der Waals surface area contributed by atoms with Gasteiger partial charge in [-0.2, -0.15) is 18.2 Å². The van der Waals surface area contributed by atoms with Gasteiger partial charge in [-0.05, 0) is 17.7 Å². The molecule has 0 unspecified atom stereocenters. The molecule has 0 bridgehead atoms. The zero-order valence-electron chi connectivity index (χ0n) is 16.1. The third-order valence-corrected chi connectivity index (χ3v) is 4.33. The summed E-state index contributed by atoms with van der Waals surface area (Å²) in [4.78, 5) is 8.36. The van der Waals surface area contributed by atoms with Gasteiger partial charge in [0.1, 0.15) is 5.82 Å². The smallest absolute Gasteiger partial charge is 0.383 e. The minimum Gasteiger partial charge on any atom is -0.383 e. The number of aromatic nitrogens is 2. The van der Waals surface area contributed by atoms with Gasteiger partial charge in [0.15, 0.2) is 0 Å². The highest BCUT2D eigenvalue weighted by molar-refractivity contribution is 5.66. The molecule has 1 heterocycles. The van der Waals surface area contributed by atoms with Gasteiger partial charge in [0.25, 0.3) is 0 Å². The fourth-order valence-corrected chi connectivity index (χ4v) is 2.72. The number of alkyl halides is 3. The lowest BCUT2D eigenvalue weighted by atomic mass is 9.82. The number of benzene rings is 1. The molecule has 0 radical (unpaired) electrons. The Bertz CT molecular complexity index is 845. The highest BCUT2D eigenvalue weighted by Crippen LogP contribution is 2.34. The normalized spacial score (nSPS) is 13.3. The second-order valence-electron chi connectivity index (χ2n) is 8.11. The molecule has 0 aliphatic rings. The number of hydrogen-bond acceptors (Lipinski definition) is 4. The Morgan fingerprint density at radius 2 is 1.37 bits per heavy atom. The Morgan fingerprint density at radius 1 is 0.852 bits per heavy atom. The van der Waals surface area contributed by atoms with Crippen molar-refractivity contribution in [3.8, 4) is 0 Å². The van der Waals surface area contributed by atoms with Crippen molar-refractivity contribution in [2.24, 2.45) is 0 Å². The van der Waals surface area contributed by atoms with Crippen LogP contribution < -0.4 is 11.5 Å². The standard InChI is InChI=1S/C20H25F3N4/c1-18(2,3)15-14(16(24)27-17(25)26-15)10-11-19(4,5)12-6-8-13(9-7-12)20(21,22)23/h6-11H,1-5H3,(H4,24,25,26,27)/b11-10+. The van der Waals surface area contributed by atoms with Gasteiger partial charge in [-0.1, -0.05) is 58.9 Å². The average molecular weight is 378 g/mol. The van der Waals surface area contributed by atoms with E-state index in [1.165, 1.54) is 12.1 Å². The van der Waals surface area contributed by atoms with E-state index in [0.717, 1.165) is 17.7 Å². The Morgan fingerprint density at radius 3 is 1.85 bits per heavy atom. The minimum atomic E-state index is -4.35. The zero-order chi connectivity index (χ0) is 20.6. The second-order valence-corrected chi connectivity index (χ2v) is 8.11.